The van der Waals surface area contributed by atoms with Crippen LogP contribution in [0.5, 0.6) is 0 Å². The van der Waals surface area contributed by atoms with Gasteiger partial charge in [0.2, 0.25) is 0 Å². The first-order chi connectivity index (χ1) is 13.7. The molecule has 1 fully saturated rings. The quantitative estimate of drug-likeness (QED) is 0.736. The van der Waals surface area contributed by atoms with Gasteiger partial charge in [0.15, 0.2) is 0 Å². The van der Waals surface area contributed by atoms with Crippen molar-refractivity contribution in [2.45, 2.75) is 32.2 Å². The zero-order valence-electron chi connectivity index (χ0n) is 16.3. The van der Waals surface area contributed by atoms with Gasteiger partial charge in [-0.15, -0.1) is 0 Å². The molecular weight excluding hydrogens is 348 g/mol. The summed E-state index contributed by atoms with van der Waals surface area (Å²) >= 11 is 0. The fourth-order valence-electron chi connectivity index (χ4n) is 3.91. The van der Waals surface area contributed by atoms with Crippen molar-refractivity contribution in [2.24, 2.45) is 0 Å². The highest BCUT2D eigenvalue weighted by atomic mass is 16.1. The highest BCUT2D eigenvalue weighted by molar-refractivity contribution is 6.07. The van der Waals surface area contributed by atoms with Gasteiger partial charge in [0.05, 0.1) is 16.8 Å². The fraction of sp³-hybridized carbons (Fsp3) is 0.348. The number of fused-ring (bicyclic) bond motifs is 1. The van der Waals surface area contributed by atoms with E-state index in [1.54, 1.807) is 12.4 Å². The second kappa shape index (κ2) is 8.48. The van der Waals surface area contributed by atoms with Gasteiger partial charge in [-0.3, -0.25) is 9.78 Å². The van der Waals surface area contributed by atoms with Gasteiger partial charge in [0.25, 0.3) is 5.91 Å². The lowest BCUT2D eigenvalue weighted by Crippen LogP contribution is -2.44. The summed E-state index contributed by atoms with van der Waals surface area (Å²) in [6.45, 7) is 5.46. The SMILES string of the molecule is CCCN1CCC(NC(=O)c2cc(-c3ccncc3)nc3ccccc23)CC1. The van der Waals surface area contributed by atoms with Gasteiger partial charge in [-0.1, -0.05) is 25.1 Å². The highest BCUT2D eigenvalue weighted by Gasteiger charge is 2.22. The Hall–Kier alpha value is -2.79. The summed E-state index contributed by atoms with van der Waals surface area (Å²) < 4.78 is 0. The van der Waals surface area contributed by atoms with Crippen LogP contribution in [-0.2, 0) is 0 Å². The number of likely N-dealkylation sites (tertiary alicyclic amines) is 1. The Kier molecular flexibility index (Phi) is 5.63. The minimum atomic E-state index is -0.0113. The molecule has 1 aliphatic rings. The largest absolute Gasteiger partial charge is 0.349 e. The summed E-state index contributed by atoms with van der Waals surface area (Å²) in [6, 6.07) is 13.8. The molecule has 0 atom stereocenters. The summed E-state index contributed by atoms with van der Waals surface area (Å²) in [6.07, 6.45) is 6.68. The lowest BCUT2D eigenvalue weighted by molar-refractivity contribution is 0.0913. The molecule has 0 unspecified atom stereocenters. The maximum absolute atomic E-state index is 13.2. The second-order valence-corrected chi connectivity index (χ2v) is 7.40. The normalized spacial score (nSPS) is 15.6. The van der Waals surface area contributed by atoms with Crippen molar-refractivity contribution >= 4 is 16.8 Å². The predicted octanol–water partition coefficient (Wildman–Crippen LogP) is 3.90. The molecule has 2 aromatic heterocycles. The summed E-state index contributed by atoms with van der Waals surface area (Å²) in [5, 5.41) is 4.15. The van der Waals surface area contributed by atoms with Crippen LogP contribution in [0.2, 0.25) is 0 Å². The van der Waals surface area contributed by atoms with E-state index in [0.29, 0.717) is 5.56 Å². The zero-order chi connectivity index (χ0) is 19.3. The molecule has 0 aliphatic carbocycles. The standard InChI is InChI=1S/C23H26N4O/c1-2-13-27-14-9-18(10-15-27)25-23(28)20-16-22(17-7-11-24-12-8-17)26-21-6-4-3-5-19(20)21/h3-8,11-12,16,18H,2,9-10,13-15H2,1H3,(H,25,28). The number of pyridine rings is 2. The average molecular weight is 374 g/mol. The van der Waals surface area contributed by atoms with Crippen molar-refractivity contribution in [3.05, 3.63) is 60.4 Å². The Balaban J connectivity index is 1.59. The number of carbonyl (C=O) groups is 1. The van der Waals surface area contributed by atoms with Crippen molar-refractivity contribution < 1.29 is 4.79 Å². The van der Waals surface area contributed by atoms with Crippen LogP contribution in [0.4, 0.5) is 0 Å². The van der Waals surface area contributed by atoms with Crippen LogP contribution in [0, 0.1) is 0 Å². The van der Waals surface area contributed by atoms with E-state index in [4.69, 9.17) is 4.98 Å². The Bertz CT molecular complexity index is 949. The number of nitrogens with zero attached hydrogens (tertiary/aromatic N) is 3. The third-order valence-electron chi connectivity index (χ3n) is 5.40. The molecule has 1 N–H and O–H groups in total. The van der Waals surface area contributed by atoms with Crippen LogP contribution < -0.4 is 5.32 Å². The lowest BCUT2D eigenvalue weighted by Gasteiger charge is -2.32. The van der Waals surface area contributed by atoms with Gasteiger partial charge >= 0.3 is 0 Å². The van der Waals surface area contributed by atoms with E-state index in [2.05, 4.69) is 22.1 Å². The Morgan fingerprint density at radius 2 is 1.89 bits per heavy atom. The maximum atomic E-state index is 13.2. The van der Waals surface area contributed by atoms with E-state index in [1.165, 1.54) is 6.42 Å². The minimum absolute atomic E-state index is 0.0113. The molecular formula is C23H26N4O. The van der Waals surface area contributed by atoms with Crippen molar-refractivity contribution in [2.75, 3.05) is 19.6 Å². The van der Waals surface area contributed by atoms with Crippen molar-refractivity contribution in [1.82, 2.24) is 20.2 Å². The van der Waals surface area contributed by atoms with Crippen LogP contribution in [-0.4, -0.2) is 46.5 Å². The predicted molar refractivity (Wildman–Crippen MR) is 112 cm³/mol. The molecule has 1 amide bonds. The fourth-order valence-corrected chi connectivity index (χ4v) is 3.91. The van der Waals surface area contributed by atoms with E-state index >= 15 is 0 Å². The summed E-state index contributed by atoms with van der Waals surface area (Å²) in [5.41, 5.74) is 3.28. The van der Waals surface area contributed by atoms with Crippen LogP contribution >= 0.6 is 0 Å². The number of para-hydroxylation sites is 1. The van der Waals surface area contributed by atoms with Gasteiger partial charge in [-0.05, 0) is 50.1 Å². The van der Waals surface area contributed by atoms with Crippen molar-refractivity contribution in [3.8, 4) is 11.3 Å². The van der Waals surface area contributed by atoms with Crippen LogP contribution in [0.15, 0.2) is 54.9 Å². The molecule has 1 aromatic carbocycles. The van der Waals surface area contributed by atoms with Crippen LogP contribution in [0.1, 0.15) is 36.5 Å². The number of hydrogen-bond donors (Lipinski definition) is 1. The number of hydrogen-bond acceptors (Lipinski definition) is 4. The third-order valence-corrected chi connectivity index (χ3v) is 5.40. The summed E-state index contributed by atoms with van der Waals surface area (Å²) in [5.74, 6) is -0.0113. The number of rotatable bonds is 5. The summed E-state index contributed by atoms with van der Waals surface area (Å²) in [7, 11) is 0. The van der Waals surface area contributed by atoms with E-state index in [9.17, 15) is 4.79 Å². The van der Waals surface area contributed by atoms with Crippen LogP contribution in [0.25, 0.3) is 22.2 Å². The molecule has 4 rings (SSSR count). The lowest BCUT2D eigenvalue weighted by atomic mass is 10.0. The van der Waals surface area contributed by atoms with E-state index in [0.717, 1.165) is 54.6 Å². The van der Waals surface area contributed by atoms with Gasteiger partial charge in [0.1, 0.15) is 0 Å². The first kappa shape index (κ1) is 18.6. The molecule has 3 aromatic rings. The minimum Gasteiger partial charge on any atom is -0.349 e. The molecule has 28 heavy (non-hydrogen) atoms. The third kappa shape index (κ3) is 4.04. The van der Waals surface area contributed by atoms with Gasteiger partial charge in [0, 0.05) is 42.5 Å². The van der Waals surface area contributed by atoms with Crippen molar-refractivity contribution in [3.63, 3.8) is 0 Å². The van der Waals surface area contributed by atoms with Gasteiger partial charge in [-0.25, -0.2) is 4.98 Å². The van der Waals surface area contributed by atoms with E-state index in [1.807, 2.05) is 42.5 Å². The zero-order valence-corrected chi connectivity index (χ0v) is 16.3. The molecule has 0 saturated carbocycles. The molecule has 0 radical (unpaired) electrons. The maximum Gasteiger partial charge on any atom is 0.252 e. The Morgan fingerprint density at radius 3 is 2.64 bits per heavy atom. The molecule has 1 saturated heterocycles. The number of aromatic nitrogens is 2. The molecule has 144 valence electrons. The molecule has 3 heterocycles. The van der Waals surface area contributed by atoms with E-state index in [-0.39, 0.29) is 11.9 Å². The molecule has 0 spiro atoms. The molecule has 0 bridgehead atoms. The topological polar surface area (TPSA) is 58.1 Å². The number of carbonyl (C=O) groups excluding carboxylic acids is 1. The first-order valence-corrected chi connectivity index (χ1v) is 10.1. The Morgan fingerprint density at radius 1 is 1.14 bits per heavy atom. The van der Waals surface area contributed by atoms with Gasteiger partial charge < -0.3 is 10.2 Å². The molecule has 5 nitrogen and oxygen atoms in total. The first-order valence-electron chi connectivity index (χ1n) is 10.1. The molecule has 1 aliphatic heterocycles. The number of nitrogens with one attached hydrogen (secondary N) is 1. The number of piperidine rings is 1. The van der Waals surface area contributed by atoms with Gasteiger partial charge in [-0.2, -0.15) is 0 Å². The summed E-state index contributed by atoms with van der Waals surface area (Å²) in [4.78, 5) is 24.5. The monoisotopic (exact) mass is 374 g/mol. The Labute approximate surface area is 165 Å². The number of benzene rings is 1. The number of amides is 1. The average Bonchev–Trinajstić information content (AvgIpc) is 2.75. The van der Waals surface area contributed by atoms with Crippen LogP contribution in [0.3, 0.4) is 0 Å². The molecule has 5 heteroatoms. The van der Waals surface area contributed by atoms with E-state index < -0.39 is 0 Å². The highest BCUT2D eigenvalue weighted by Crippen LogP contribution is 2.25. The van der Waals surface area contributed by atoms with Crippen molar-refractivity contribution in [1.29, 1.82) is 0 Å². The smallest absolute Gasteiger partial charge is 0.252 e. The second-order valence-electron chi connectivity index (χ2n) is 7.40.